The number of amides is 4. The zero-order chi connectivity index (χ0) is 40.6. The third-order valence-electron chi connectivity index (χ3n) is 10.4. The van der Waals surface area contributed by atoms with Gasteiger partial charge in [0.25, 0.3) is 0 Å². The van der Waals surface area contributed by atoms with E-state index in [0.29, 0.717) is 24.7 Å². The van der Waals surface area contributed by atoms with Gasteiger partial charge in [-0.3, -0.25) is 9.59 Å². The van der Waals surface area contributed by atoms with Gasteiger partial charge in [0.2, 0.25) is 11.8 Å². The fraction of sp³-hybridized carbons (Fsp3) is 0.395. The summed E-state index contributed by atoms with van der Waals surface area (Å²) in [6.07, 6.45) is 4.53. The van der Waals surface area contributed by atoms with Crippen molar-refractivity contribution >= 4 is 24.0 Å². The molecule has 2 aromatic heterocycles. The van der Waals surface area contributed by atoms with E-state index in [1.807, 2.05) is 62.4 Å². The third kappa shape index (κ3) is 9.47. The smallest absolute Gasteiger partial charge is 0.407 e. The molecule has 4 N–H and O–H groups in total. The fourth-order valence-corrected chi connectivity index (χ4v) is 7.31. The number of alkyl carbamates (subject to hydrolysis) is 1. The van der Waals surface area contributed by atoms with Crippen molar-refractivity contribution in [3.63, 3.8) is 0 Å². The monoisotopic (exact) mass is 771 g/mol. The number of carbonyl (C=O) groups excluding carboxylic acids is 4. The number of aromatic nitrogens is 4. The predicted octanol–water partition coefficient (Wildman–Crippen LogP) is 4.54. The van der Waals surface area contributed by atoms with Crippen molar-refractivity contribution in [2.75, 3.05) is 20.2 Å². The number of likely N-dealkylation sites (tertiary alicyclic amines) is 2. The van der Waals surface area contributed by atoms with E-state index in [-0.39, 0.29) is 35.7 Å². The predicted molar refractivity (Wildman–Crippen MR) is 211 cm³/mol. The first-order chi connectivity index (χ1) is 27.4. The molecule has 4 heterocycles. The lowest BCUT2D eigenvalue weighted by Crippen LogP contribution is -2.54. The topological polar surface area (TPSA) is 188 Å². The first-order valence-electron chi connectivity index (χ1n) is 19.2. The lowest BCUT2D eigenvalue weighted by atomic mass is 10.0. The van der Waals surface area contributed by atoms with Crippen molar-refractivity contribution in [1.82, 2.24) is 40.4 Å². The largest absolute Gasteiger partial charge is 0.530 e. The normalized spacial score (nSPS) is 17.3. The van der Waals surface area contributed by atoms with Gasteiger partial charge in [0.1, 0.15) is 29.8 Å². The first kappa shape index (κ1) is 40.1. The van der Waals surface area contributed by atoms with Crippen molar-refractivity contribution in [3.8, 4) is 46.2 Å². The van der Waals surface area contributed by atoms with Crippen molar-refractivity contribution in [3.05, 3.63) is 83.7 Å². The Kier molecular flexibility index (Phi) is 12.6. The summed E-state index contributed by atoms with van der Waals surface area (Å²) in [5.41, 5.74) is 5.07. The highest BCUT2D eigenvalue weighted by Gasteiger charge is 2.38. The Bertz CT molecular complexity index is 2200. The second-order valence-electron chi connectivity index (χ2n) is 14.9. The van der Waals surface area contributed by atoms with Gasteiger partial charge in [-0.15, -0.1) is 0 Å². The Balaban J connectivity index is 1.05. The molecule has 0 bridgehead atoms. The fourth-order valence-electron chi connectivity index (χ4n) is 7.31. The number of imidazole rings is 2. The van der Waals surface area contributed by atoms with Gasteiger partial charge in [-0.05, 0) is 84.8 Å². The molecule has 0 saturated carbocycles. The molecule has 2 aliphatic rings. The van der Waals surface area contributed by atoms with E-state index >= 15 is 0 Å². The van der Waals surface area contributed by atoms with Crippen LogP contribution in [-0.4, -0.2) is 86.0 Å². The molecule has 0 unspecified atom stereocenters. The van der Waals surface area contributed by atoms with E-state index in [4.69, 9.17) is 4.74 Å². The quantitative estimate of drug-likeness (QED) is 0.169. The molecule has 2 saturated heterocycles. The van der Waals surface area contributed by atoms with Crippen LogP contribution < -0.4 is 15.7 Å². The standard InChI is InChI=1S/C43H48N8O6/c1-26(2)36(48-42(54)55)40(52)50-22-8-12-34(50)38-44-24-32(46-38)30-18-14-28(15-19-30)10-6-7-11-29-16-20-31(21-17-29)33-25-45-39(47-33)35-13-9-23-51(35)41(53)37(27(3)4)49-43(56)57-5/h14-21,24-27,34-37,48H,8-9,12-13,22-23H2,1-5H3,(H,44,46)(H,45,47)(H,49,56)(H,54,55)/p-1/t34-,35-,36-,37-/m0/s1. The highest BCUT2D eigenvalue weighted by molar-refractivity contribution is 5.87. The molecule has 57 heavy (non-hydrogen) atoms. The molecule has 4 aromatic rings. The van der Waals surface area contributed by atoms with Crippen LogP contribution in [0.4, 0.5) is 9.59 Å². The Morgan fingerprint density at radius 3 is 1.53 bits per heavy atom. The van der Waals surface area contributed by atoms with Gasteiger partial charge in [0, 0.05) is 24.2 Å². The number of benzene rings is 2. The average molecular weight is 772 g/mol. The molecule has 14 heteroatoms. The minimum absolute atomic E-state index is 0.111. The molecular formula is C43H47N8O6-. The van der Waals surface area contributed by atoms with Gasteiger partial charge in [0.05, 0.1) is 43.0 Å². The molecule has 2 aromatic carbocycles. The minimum atomic E-state index is -1.47. The number of nitrogens with one attached hydrogen (secondary N) is 4. The van der Waals surface area contributed by atoms with Gasteiger partial charge in [0.15, 0.2) is 0 Å². The van der Waals surface area contributed by atoms with Crippen LogP contribution in [-0.2, 0) is 14.3 Å². The summed E-state index contributed by atoms with van der Waals surface area (Å²) in [6, 6.07) is 13.4. The molecule has 2 aliphatic heterocycles. The number of aromatic amines is 2. The maximum atomic E-state index is 13.5. The van der Waals surface area contributed by atoms with Crippen LogP contribution in [0.25, 0.3) is 22.5 Å². The molecule has 4 amide bonds. The van der Waals surface area contributed by atoms with Crippen molar-refractivity contribution in [1.29, 1.82) is 0 Å². The summed E-state index contributed by atoms with van der Waals surface area (Å²) in [4.78, 5) is 69.3. The first-order valence-corrected chi connectivity index (χ1v) is 19.2. The number of rotatable bonds is 10. The molecular weight excluding hydrogens is 725 g/mol. The number of methoxy groups -OCH3 is 1. The van der Waals surface area contributed by atoms with Crippen LogP contribution in [0.1, 0.15) is 88.2 Å². The number of H-pyrrole nitrogens is 2. The maximum Gasteiger partial charge on any atom is 0.407 e. The number of carbonyl (C=O) groups is 4. The SMILES string of the molecule is COC(=O)N[C@H](C(=O)N1CCC[C@H]1c1ncc(-c2ccc(C#CC#Cc3ccc(-c4cnc([C@@H]5CCCN5C(=O)[C@@H](NC(=O)[O-])C(C)C)[nH]4)cc3)cc2)[nH]1)C(C)C. The maximum absolute atomic E-state index is 13.5. The summed E-state index contributed by atoms with van der Waals surface area (Å²) in [5, 5.41) is 16.1. The van der Waals surface area contributed by atoms with E-state index in [1.165, 1.54) is 7.11 Å². The van der Waals surface area contributed by atoms with Gasteiger partial charge in [-0.2, -0.15) is 0 Å². The van der Waals surface area contributed by atoms with E-state index in [9.17, 15) is 24.3 Å². The van der Waals surface area contributed by atoms with Crippen LogP contribution in [0.3, 0.4) is 0 Å². The number of carboxylic acid groups (broad SMARTS) is 1. The molecule has 2 fully saturated rings. The Labute approximate surface area is 332 Å². The van der Waals surface area contributed by atoms with Crippen molar-refractivity contribution in [2.24, 2.45) is 11.8 Å². The van der Waals surface area contributed by atoms with Gasteiger partial charge >= 0.3 is 6.09 Å². The Hall–Kier alpha value is -6.54. The highest BCUT2D eigenvalue weighted by atomic mass is 16.5. The number of hydrogen-bond donors (Lipinski definition) is 4. The lowest BCUT2D eigenvalue weighted by molar-refractivity contribution is -0.252. The van der Waals surface area contributed by atoms with E-state index in [2.05, 4.69) is 54.3 Å². The molecule has 4 atom stereocenters. The Morgan fingerprint density at radius 1 is 0.719 bits per heavy atom. The summed E-state index contributed by atoms with van der Waals surface area (Å²) >= 11 is 0. The van der Waals surface area contributed by atoms with E-state index < -0.39 is 24.3 Å². The number of ether oxygens (including phenoxy) is 1. The molecule has 0 aliphatic carbocycles. The van der Waals surface area contributed by atoms with Gasteiger partial charge in [-0.25, -0.2) is 14.8 Å². The zero-order valence-corrected chi connectivity index (χ0v) is 32.7. The summed E-state index contributed by atoms with van der Waals surface area (Å²) in [7, 11) is 1.28. The summed E-state index contributed by atoms with van der Waals surface area (Å²) in [6.45, 7) is 8.48. The van der Waals surface area contributed by atoms with Crippen molar-refractivity contribution in [2.45, 2.75) is 77.5 Å². The van der Waals surface area contributed by atoms with Crippen LogP contribution in [0, 0.1) is 35.5 Å². The van der Waals surface area contributed by atoms with Gasteiger partial charge in [-0.1, -0.05) is 63.8 Å². The molecule has 6 rings (SSSR count). The minimum Gasteiger partial charge on any atom is -0.530 e. The second-order valence-corrected chi connectivity index (χ2v) is 14.9. The van der Waals surface area contributed by atoms with Crippen LogP contribution in [0.5, 0.6) is 0 Å². The lowest BCUT2D eigenvalue weighted by Gasteiger charge is -2.31. The van der Waals surface area contributed by atoms with Crippen LogP contribution in [0.15, 0.2) is 60.9 Å². The molecule has 296 valence electrons. The third-order valence-corrected chi connectivity index (χ3v) is 10.4. The Morgan fingerprint density at radius 2 is 1.14 bits per heavy atom. The summed E-state index contributed by atoms with van der Waals surface area (Å²) < 4.78 is 4.74. The zero-order valence-electron chi connectivity index (χ0n) is 32.7. The van der Waals surface area contributed by atoms with Crippen molar-refractivity contribution < 1.29 is 29.0 Å². The number of hydrogen-bond acceptors (Lipinski definition) is 8. The molecule has 0 radical (unpaired) electrons. The second kappa shape index (κ2) is 17.9. The van der Waals surface area contributed by atoms with E-state index in [1.54, 1.807) is 36.0 Å². The van der Waals surface area contributed by atoms with Crippen LogP contribution >= 0.6 is 0 Å². The average Bonchev–Trinajstić information content (AvgIpc) is 4.04. The molecule has 14 nitrogen and oxygen atoms in total. The molecule has 0 spiro atoms. The number of nitrogens with zero attached hydrogens (tertiary/aromatic N) is 4. The highest BCUT2D eigenvalue weighted by Crippen LogP contribution is 2.34. The van der Waals surface area contributed by atoms with Crippen LogP contribution in [0.2, 0.25) is 0 Å². The van der Waals surface area contributed by atoms with E-state index in [0.717, 1.165) is 59.3 Å². The van der Waals surface area contributed by atoms with Gasteiger partial charge < -0.3 is 45.0 Å². The summed E-state index contributed by atoms with van der Waals surface area (Å²) in [5.74, 6) is 12.6.